The second-order valence-electron chi connectivity index (χ2n) is 7.96. The van der Waals surface area contributed by atoms with Gasteiger partial charge in [0.15, 0.2) is 0 Å². The number of carbonyl (C=O) groups excluding carboxylic acids is 1. The maximum absolute atomic E-state index is 13.3. The molecule has 32 heavy (non-hydrogen) atoms. The largest absolute Gasteiger partial charge is 0.495 e. The first-order valence-electron chi connectivity index (χ1n) is 10.4. The second-order valence-corrected chi connectivity index (χ2v) is 10.1. The Labute approximate surface area is 193 Å². The number of nitriles is 1. The normalized spacial score (nSPS) is 15.9. The number of methoxy groups -OCH3 is 1. The third-order valence-corrected chi connectivity index (χ3v) is 7.44. The summed E-state index contributed by atoms with van der Waals surface area (Å²) in [5.41, 5.74) is 0.447. The average molecular weight is 479 g/mol. The molecule has 1 aromatic carbocycles. The maximum atomic E-state index is 13.3. The summed E-state index contributed by atoms with van der Waals surface area (Å²) in [4.78, 5) is 14.9. The number of ether oxygens (including phenoxy) is 1. The number of piperidine rings is 1. The van der Waals surface area contributed by atoms with Crippen molar-refractivity contribution in [2.45, 2.75) is 43.7 Å². The molecule has 0 bridgehead atoms. The highest BCUT2D eigenvalue weighted by atomic mass is 35.5. The predicted molar refractivity (Wildman–Crippen MR) is 121 cm³/mol. The fraction of sp³-hybridized carbons (Fsp3) is 0.455. The van der Waals surface area contributed by atoms with Gasteiger partial charge in [-0.2, -0.15) is 9.98 Å². The maximum Gasteiger partial charge on any atom is 0.245 e. The quantitative estimate of drug-likeness (QED) is 0.628. The second kappa shape index (κ2) is 10.4. The lowest BCUT2D eigenvalue weighted by molar-refractivity contribution is -0.134. The number of sulfonamides is 1. The highest BCUT2D eigenvalue weighted by molar-refractivity contribution is 7.89. The summed E-state index contributed by atoms with van der Waals surface area (Å²) in [6, 6.07) is 8.81. The SMILES string of the molecule is COc1ccc(Cl)cc1S(=O)(=O)NC(CCn1cccc1C#N)C(=O)N1CCC(C)CC1. The summed E-state index contributed by atoms with van der Waals surface area (Å²) in [5, 5.41) is 9.49. The number of nitrogens with one attached hydrogen (secondary N) is 1. The van der Waals surface area contributed by atoms with E-state index in [0.717, 1.165) is 12.8 Å². The number of hydrogen-bond acceptors (Lipinski definition) is 5. The first-order chi connectivity index (χ1) is 15.2. The fourth-order valence-corrected chi connectivity index (χ4v) is 5.43. The van der Waals surface area contributed by atoms with Crippen molar-refractivity contribution in [1.29, 1.82) is 5.26 Å². The standard InChI is InChI=1S/C22H27ClN4O4S/c1-16-7-11-27(12-8-16)22(28)19(9-13-26-10-3-4-18(26)15-24)25-32(29,30)21-14-17(23)5-6-20(21)31-2/h3-6,10,14,16,19,25H,7-9,11-13H2,1-2H3. The molecule has 0 spiro atoms. The Bertz CT molecular complexity index is 1100. The van der Waals surface area contributed by atoms with Gasteiger partial charge in [-0.15, -0.1) is 0 Å². The molecule has 2 heterocycles. The number of hydrogen-bond donors (Lipinski definition) is 1. The van der Waals surface area contributed by atoms with Crippen LogP contribution in [0.4, 0.5) is 0 Å². The predicted octanol–water partition coefficient (Wildman–Crippen LogP) is 3.02. The minimum atomic E-state index is -4.11. The minimum absolute atomic E-state index is 0.128. The molecular weight excluding hydrogens is 452 g/mol. The Morgan fingerprint density at radius 2 is 2.06 bits per heavy atom. The van der Waals surface area contributed by atoms with E-state index in [1.54, 1.807) is 27.8 Å². The Morgan fingerprint density at radius 3 is 2.72 bits per heavy atom. The van der Waals surface area contributed by atoms with Crippen molar-refractivity contribution in [1.82, 2.24) is 14.2 Å². The third-order valence-electron chi connectivity index (χ3n) is 5.71. The van der Waals surface area contributed by atoms with Crippen LogP contribution in [0, 0.1) is 17.2 Å². The molecule has 1 aliphatic rings. The van der Waals surface area contributed by atoms with Crippen LogP contribution >= 0.6 is 11.6 Å². The van der Waals surface area contributed by atoms with Crippen molar-refractivity contribution >= 4 is 27.5 Å². The summed E-state index contributed by atoms with van der Waals surface area (Å²) < 4.78 is 35.9. The number of aryl methyl sites for hydroxylation is 1. The van der Waals surface area contributed by atoms with Gasteiger partial charge in [-0.3, -0.25) is 4.79 Å². The molecule has 172 valence electrons. The summed E-state index contributed by atoms with van der Waals surface area (Å²) >= 11 is 6.02. The highest BCUT2D eigenvalue weighted by Crippen LogP contribution is 2.27. The number of amides is 1. The van der Waals surface area contributed by atoms with Crippen LogP contribution in [0.1, 0.15) is 31.9 Å². The summed E-state index contributed by atoms with van der Waals surface area (Å²) in [5.74, 6) is 0.396. The van der Waals surface area contributed by atoms with Crippen LogP contribution in [0.5, 0.6) is 5.75 Å². The zero-order valence-electron chi connectivity index (χ0n) is 18.1. The molecule has 2 aromatic rings. The molecule has 3 rings (SSSR count). The first-order valence-corrected chi connectivity index (χ1v) is 12.3. The van der Waals surface area contributed by atoms with Crippen molar-refractivity contribution in [2.75, 3.05) is 20.2 Å². The van der Waals surface area contributed by atoms with Gasteiger partial charge in [0, 0.05) is 30.9 Å². The van der Waals surface area contributed by atoms with Gasteiger partial charge in [0.1, 0.15) is 28.4 Å². The van der Waals surface area contributed by atoms with Gasteiger partial charge in [-0.1, -0.05) is 18.5 Å². The van der Waals surface area contributed by atoms with Gasteiger partial charge >= 0.3 is 0 Å². The monoisotopic (exact) mass is 478 g/mol. The lowest BCUT2D eigenvalue weighted by atomic mass is 9.98. The van der Waals surface area contributed by atoms with Crippen LogP contribution in [0.15, 0.2) is 41.4 Å². The van der Waals surface area contributed by atoms with Crippen molar-refractivity contribution in [3.05, 3.63) is 47.2 Å². The van der Waals surface area contributed by atoms with Crippen molar-refractivity contribution in [2.24, 2.45) is 5.92 Å². The summed E-state index contributed by atoms with van der Waals surface area (Å²) in [7, 11) is -2.74. The van der Waals surface area contributed by atoms with Crippen molar-refractivity contribution in [3.63, 3.8) is 0 Å². The molecule has 8 nitrogen and oxygen atoms in total. The van der Waals surface area contributed by atoms with Crippen LogP contribution < -0.4 is 9.46 Å². The summed E-state index contributed by atoms with van der Waals surface area (Å²) in [6.45, 7) is 3.63. The first kappa shape index (κ1) is 24.1. The number of aromatic nitrogens is 1. The Balaban J connectivity index is 1.86. The van der Waals surface area contributed by atoms with Crippen LogP contribution in [0.25, 0.3) is 0 Å². The van der Waals surface area contributed by atoms with E-state index in [2.05, 4.69) is 17.7 Å². The lowest BCUT2D eigenvalue weighted by Gasteiger charge is -2.33. The number of carbonyl (C=O) groups is 1. The van der Waals surface area contributed by atoms with Gasteiger partial charge in [-0.05, 0) is 55.5 Å². The molecule has 1 unspecified atom stereocenters. The Morgan fingerprint density at radius 1 is 1.34 bits per heavy atom. The molecule has 10 heteroatoms. The smallest absolute Gasteiger partial charge is 0.245 e. The van der Waals surface area contributed by atoms with Crippen molar-refractivity contribution < 1.29 is 17.9 Å². The van der Waals surface area contributed by atoms with Gasteiger partial charge in [-0.25, -0.2) is 8.42 Å². The van der Waals surface area contributed by atoms with E-state index < -0.39 is 16.1 Å². The molecule has 1 amide bonds. The van der Waals surface area contributed by atoms with E-state index in [4.69, 9.17) is 16.3 Å². The van der Waals surface area contributed by atoms with E-state index in [0.29, 0.717) is 31.2 Å². The Hall–Kier alpha value is -2.54. The molecule has 1 aliphatic heterocycles. The van der Waals surface area contributed by atoms with Crippen LogP contribution in [-0.4, -0.2) is 50.0 Å². The van der Waals surface area contributed by atoms with Gasteiger partial charge < -0.3 is 14.2 Å². The van der Waals surface area contributed by atoms with Crippen LogP contribution in [-0.2, 0) is 21.4 Å². The molecule has 1 N–H and O–H groups in total. The minimum Gasteiger partial charge on any atom is -0.495 e. The van der Waals surface area contributed by atoms with E-state index in [9.17, 15) is 18.5 Å². The average Bonchev–Trinajstić information content (AvgIpc) is 3.24. The number of benzene rings is 1. The molecule has 1 saturated heterocycles. The number of likely N-dealkylation sites (tertiary alicyclic amines) is 1. The molecule has 0 radical (unpaired) electrons. The number of rotatable bonds is 8. The Kier molecular flexibility index (Phi) is 7.82. The van der Waals surface area contributed by atoms with Crippen LogP contribution in [0.3, 0.4) is 0 Å². The topological polar surface area (TPSA) is 104 Å². The highest BCUT2D eigenvalue weighted by Gasteiger charge is 2.32. The zero-order valence-corrected chi connectivity index (χ0v) is 19.7. The lowest BCUT2D eigenvalue weighted by Crippen LogP contribution is -2.51. The van der Waals surface area contributed by atoms with Gasteiger partial charge in [0.2, 0.25) is 15.9 Å². The van der Waals surface area contributed by atoms with Crippen LogP contribution in [0.2, 0.25) is 5.02 Å². The summed E-state index contributed by atoms with van der Waals surface area (Å²) in [6.07, 6.45) is 3.68. The molecule has 0 saturated carbocycles. The molecule has 0 aliphatic carbocycles. The van der Waals surface area contributed by atoms with E-state index in [1.807, 2.05) is 0 Å². The van der Waals surface area contributed by atoms with Gasteiger partial charge in [0.05, 0.1) is 7.11 Å². The van der Waals surface area contributed by atoms with E-state index in [1.165, 1.54) is 25.3 Å². The fourth-order valence-electron chi connectivity index (χ4n) is 3.77. The van der Waals surface area contributed by atoms with E-state index in [-0.39, 0.29) is 28.0 Å². The number of halogens is 1. The molecular formula is C22H27ClN4O4S. The van der Waals surface area contributed by atoms with Crippen molar-refractivity contribution in [3.8, 4) is 11.8 Å². The molecule has 1 atom stereocenters. The molecule has 1 aromatic heterocycles. The van der Waals surface area contributed by atoms with Gasteiger partial charge in [0.25, 0.3) is 0 Å². The molecule has 1 fully saturated rings. The zero-order chi connectivity index (χ0) is 23.3. The third kappa shape index (κ3) is 5.63. The van der Waals surface area contributed by atoms with E-state index >= 15 is 0 Å². The number of nitrogens with zero attached hydrogens (tertiary/aromatic N) is 3.